The third-order valence-corrected chi connectivity index (χ3v) is 4.13. The summed E-state index contributed by atoms with van der Waals surface area (Å²) in [5.74, 6) is 0. The van der Waals surface area contributed by atoms with Gasteiger partial charge >= 0.3 is 6.09 Å². The summed E-state index contributed by atoms with van der Waals surface area (Å²) in [5.41, 5.74) is 1.49. The minimum absolute atomic E-state index is 0.425. The Kier molecular flexibility index (Phi) is 4.93. The first-order chi connectivity index (χ1) is 11.3. The van der Waals surface area contributed by atoms with Gasteiger partial charge in [-0.05, 0) is 43.5 Å². The molecule has 23 heavy (non-hydrogen) atoms. The number of amides is 1. The molecule has 0 unspecified atom stereocenters. The molecule has 1 amide bonds. The molecule has 2 aromatic carbocycles. The minimum atomic E-state index is -0.568. The van der Waals surface area contributed by atoms with Gasteiger partial charge in [0.05, 0.1) is 17.5 Å². The molecule has 0 saturated heterocycles. The molecule has 0 aliphatic heterocycles. The summed E-state index contributed by atoms with van der Waals surface area (Å²) in [7, 11) is 0. The number of para-hydroxylation sites is 2. The van der Waals surface area contributed by atoms with Crippen molar-refractivity contribution in [1.29, 1.82) is 0 Å². The summed E-state index contributed by atoms with van der Waals surface area (Å²) in [4.78, 5) is 14.3. The lowest BCUT2D eigenvalue weighted by Crippen LogP contribution is -2.38. The van der Waals surface area contributed by atoms with Gasteiger partial charge in [-0.1, -0.05) is 42.8 Å². The lowest BCUT2D eigenvalue weighted by atomic mass is 9.95. The first kappa shape index (κ1) is 15.6. The van der Waals surface area contributed by atoms with Crippen LogP contribution in [0.15, 0.2) is 60.7 Å². The van der Waals surface area contributed by atoms with Crippen molar-refractivity contribution in [3.63, 3.8) is 0 Å². The summed E-state index contributed by atoms with van der Waals surface area (Å²) in [6.07, 6.45) is 1.92. The van der Waals surface area contributed by atoms with E-state index in [1.54, 1.807) is 4.90 Å². The minimum Gasteiger partial charge on any atom is -0.443 e. The monoisotopic (exact) mass is 311 g/mol. The van der Waals surface area contributed by atoms with Crippen molar-refractivity contribution in [1.82, 2.24) is 0 Å². The van der Waals surface area contributed by atoms with Crippen LogP contribution in [-0.4, -0.2) is 23.4 Å². The van der Waals surface area contributed by atoms with Gasteiger partial charge in [0.1, 0.15) is 6.10 Å². The predicted octanol–water partition coefficient (Wildman–Crippen LogP) is 4.26. The maximum atomic E-state index is 12.8. The fourth-order valence-corrected chi connectivity index (χ4v) is 2.91. The Morgan fingerprint density at radius 1 is 0.913 bits per heavy atom. The van der Waals surface area contributed by atoms with Crippen LogP contribution in [0.2, 0.25) is 0 Å². The number of rotatable bonds is 3. The zero-order valence-corrected chi connectivity index (χ0v) is 13.0. The Balaban J connectivity index is 1.85. The van der Waals surface area contributed by atoms with Crippen LogP contribution in [0.1, 0.15) is 25.7 Å². The Bertz CT molecular complexity index is 590. The third-order valence-electron chi connectivity index (χ3n) is 4.13. The molecule has 1 aliphatic rings. The second kappa shape index (κ2) is 7.29. The van der Waals surface area contributed by atoms with Crippen molar-refractivity contribution in [3.8, 4) is 0 Å². The summed E-state index contributed by atoms with van der Waals surface area (Å²) < 4.78 is 5.61. The van der Waals surface area contributed by atoms with E-state index >= 15 is 0 Å². The topological polar surface area (TPSA) is 49.8 Å². The Morgan fingerprint density at radius 3 is 1.96 bits per heavy atom. The molecule has 0 heterocycles. The summed E-state index contributed by atoms with van der Waals surface area (Å²) in [6.45, 7) is 0. The number of anilines is 2. The number of aliphatic hydroxyl groups excluding tert-OH is 1. The molecular weight excluding hydrogens is 290 g/mol. The van der Waals surface area contributed by atoms with Gasteiger partial charge in [-0.2, -0.15) is 0 Å². The second-order valence-electron chi connectivity index (χ2n) is 5.78. The van der Waals surface area contributed by atoms with Crippen molar-refractivity contribution < 1.29 is 14.6 Å². The molecule has 2 aromatic rings. The van der Waals surface area contributed by atoms with Crippen molar-refractivity contribution >= 4 is 17.5 Å². The SMILES string of the molecule is O=C(O[C@@H]1CCCC[C@@H]1O)N(c1ccccc1)c1ccccc1. The molecule has 1 N–H and O–H groups in total. The average Bonchev–Trinajstić information content (AvgIpc) is 2.59. The van der Waals surface area contributed by atoms with Crippen LogP contribution in [0.4, 0.5) is 16.2 Å². The molecule has 1 saturated carbocycles. The van der Waals surface area contributed by atoms with E-state index in [2.05, 4.69) is 0 Å². The normalized spacial score (nSPS) is 20.7. The van der Waals surface area contributed by atoms with Gasteiger partial charge in [-0.25, -0.2) is 9.69 Å². The van der Waals surface area contributed by atoms with Gasteiger partial charge in [0.2, 0.25) is 0 Å². The lowest BCUT2D eigenvalue weighted by molar-refractivity contribution is -0.0180. The van der Waals surface area contributed by atoms with Crippen LogP contribution >= 0.6 is 0 Å². The maximum absolute atomic E-state index is 12.8. The van der Waals surface area contributed by atoms with Gasteiger partial charge in [0, 0.05) is 0 Å². The molecular formula is C19H21NO3. The number of ether oxygens (including phenoxy) is 1. The predicted molar refractivity (Wildman–Crippen MR) is 89.8 cm³/mol. The maximum Gasteiger partial charge on any atom is 0.419 e. The molecule has 1 fully saturated rings. The van der Waals surface area contributed by atoms with E-state index < -0.39 is 18.3 Å². The quantitative estimate of drug-likeness (QED) is 0.921. The van der Waals surface area contributed by atoms with Crippen LogP contribution < -0.4 is 4.90 Å². The molecule has 2 atom stereocenters. The Labute approximate surface area is 136 Å². The van der Waals surface area contributed by atoms with Crippen LogP contribution in [0.25, 0.3) is 0 Å². The number of carbonyl (C=O) groups excluding carboxylic acids is 1. The number of nitrogens with zero attached hydrogens (tertiary/aromatic N) is 1. The molecule has 4 heteroatoms. The number of hydrogen-bond acceptors (Lipinski definition) is 3. The van der Waals surface area contributed by atoms with Crippen LogP contribution in [0.3, 0.4) is 0 Å². The van der Waals surface area contributed by atoms with E-state index in [1.807, 2.05) is 60.7 Å². The summed E-state index contributed by atoms with van der Waals surface area (Å²) in [6, 6.07) is 18.8. The molecule has 0 spiro atoms. The van der Waals surface area contributed by atoms with Crippen molar-refractivity contribution in [2.45, 2.75) is 37.9 Å². The van der Waals surface area contributed by atoms with Gasteiger partial charge < -0.3 is 9.84 Å². The molecule has 0 aromatic heterocycles. The highest BCUT2D eigenvalue weighted by molar-refractivity contribution is 5.96. The molecule has 0 bridgehead atoms. The number of carbonyl (C=O) groups is 1. The highest BCUT2D eigenvalue weighted by Crippen LogP contribution is 2.28. The van der Waals surface area contributed by atoms with E-state index in [0.29, 0.717) is 12.8 Å². The molecule has 3 rings (SSSR count). The molecule has 4 nitrogen and oxygen atoms in total. The van der Waals surface area contributed by atoms with E-state index in [1.165, 1.54) is 0 Å². The highest BCUT2D eigenvalue weighted by Gasteiger charge is 2.29. The smallest absolute Gasteiger partial charge is 0.419 e. The molecule has 1 aliphatic carbocycles. The van der Waals surface area contributed by atoms with Crippen LogP contribution in [0, 0.1) is 0 Å². The fourth-order valence-electron chi connectivity index (χ4n) is 2.91. The second-order valence-corrected chi connectivity index (χ2v) is 5.78. The van der Waals surface area contributed by atoms with Gasteiger partial charge in [-0.3, -0.25) is 0 Å². The lowest BCUT2D eigenvalue weighted by Gasteiger charge is -2.30. The van der Waals surface area contributed by atoms with E-state index in [0.717, 1.165) is 24.2 Å². The zero-order valence-electron chi connectivity index (χ0n) is 13.0. The Morgan fingerprint density at radius 2 is 1.43 bits per heavy atom. The number of benzene rings is 2. The van der Waals surface area contributed by atoms with Crippen molar-refractivity contribution in [3.05, 3.63) is 60.7 Å². The third kappa shape index (κ3) is 3.71. The largest absolute Gasteiger partial charge is 0.443 e. The fraction of sp³-hybridized carbons (Fsp3) is 0.316. The summed E-state index contributed by atoms with van der Waals surface area (Å²) >= 11 is 0. The first-order valence-electron chi connectivity index (χ1n) is 8.04. The van der Waals surface area contributed by atoms with Gasteiger partial charge in [0.25, 0.3) is 0 Å². The van der Waals surface area contributed by atoms with E-state index in [9.17, 15) is 9.90 Å². The van der Waals surface area contributed by atoms with Crippen molar-refractivity contribution in [2.75, 3.05) is 4.90 Å². The number of aliphatic hydroxyl groups is 1. The summed E-state index contributed by atoms with van der Waals surface area (Å²) in [5, 5.41) is 10.0. The van der Waals surface area contributed by atoms with Crippen LogP contribution in [0.5, 0.6) is 0 Å². The highest BCUT2D eigenvalue weighted by atomic mass is 16.6. The van der Waals surface area contributed by atoms with Crippen molar-refractivity contribution in [2.24, 2.45) is 0 Å². The molecule has 0 radical (unpaired) electrons. The number of hydrogen-bond donors (Lipinski definition) is 1. The molecule has 120 valence electrons. The standard InChI is InChI=1S/C19H21NO3/c21-17-13-7-8-14-18(17)23-19(22)20(15-9-3-1-4-10-15)16-11-5-2-6-12-16/h1-6,9-12,17-18,21H,7-8,13-14H2/t17-,18+/m0/s1. The van der Waals surface area contributed by atoms with E-state index in [-0.39, 0.29) is 0 Å². The Hall–Kier alpha value is -2.33. The van der Waals surface area contributed by atoms with Gasteiger partial charge in [0.15, 0.2) is 0 Å². The zero-order chi connectivity index (χ0) is 16.1. The van der Waals surface area contributed by atoms with Gasteiger partial charge in [-0.15, -0.1) is 0 Å². The van der Waals surface area contributed by atoms with Crippen LogP contribution in [-0.2, 0) is 4.74 Å². The average molecular weight is 311 g/mol. The first-order valence-corrected chi connectivity index (χ1v) is 8.04. The van der Waals surface area contributed by atoms with E-state index in [4.69, 9.17) is 4.74 Å².